The van der Waals surface area contributed by atoms with E-state index in [1.54, 1.807) is 30.6 Å². The fraction of sp³-hybridized carbons (Fsp3) is 0.400. The highest BCUT2D eigenvalue weighted by atomic mass is 19.4. The Morgan fingerprint density at radius 2 is 1.92 bits per heavy atom. The minimum absolute atomic E-state index is 0.0590. The van der Waals surface area contributed by atoms with Gasteiger partial charge in [0.15, 0.2) is 11.5 Å². The van der Waals surface area contributed by atoms with Crippen LogP contribution in [0.2, 0.25) is 0 Å². The van der Waals surface area contributed by atoms with Gasteiger partial charge in [0.1, 0.15) is 5.75 Å². The summed E-state index contributed by atoms with van der Waals surface area (Å²) < 4.78 is 50.1. The SMILES string of the molecule is COc1c(Nc2cc(NC(=O)C3CC3)nnc2C(N)=O)cccc1-c1cnn(C2CCC[C@H]2OC(F)(F)F)c1. The average molecular weight is 546 g/mol. The minimum Gasteiger partial charge on any atom is -0.494 e. The summed E-state index contributed by atoms with van der Waals surface area (Å²) in [5.41, 5.74) is 7.20. The number of rotatable bonds is 9. The first kappa shape index (κ1) is 26.4. The predicted octanol–water partition coefficient (Wildman–Crippen LogP) is 4.17. The standard InChI is InChI=1S/C25H26F3N7O4/c1-38-22-15(14-11-30-35(12-14)18-6-3-7-19(18)39-25(26,27)28)4-2-5-16(22)31-17-10-20(32-24(37)13-8-9-13)33-34-21(17)23(29)36/h2,4-5,10-13,18-19H,3,6-9H2,1H3,(H2,29,36)(H2,31,32,33,37)/t18?,19-/m1/s1. The fourth-order valence-corrected chi connectivity index (χ4v) is 4.71. The van der Waals surface area contributed by atoms with Crippen molar-refractivity contribution in [3.05, 3.63) is 42.4 Å². The third kappa shape index (κ3) is 5.95. The van der Waals surface area contributed by atoms with Crippen molar-refractivity contribution in [2.45, 2.75) is 50.6 Å². The van der Waals surface area contributed by atoms with Crippen LogP contribution < -0.4 is 21.1 Å². The van der Waals surface area contributed by atoms with Gasteiger partial charge in [-0.1, -0.05) is 12.1 Å². The van der Waals surface area contributed by atoms with Gasteiger partial charge in [0.2, 0.25) is 5.91 Å². The minimum atomic E-state index is -4.72. The molecular weight excluding hydrogens is 519 g/mol. The van der Waals surface area contributed by atoms with E-state index >= 15 is 0 Å². The van der Waals surface area contributed by atoms with E-state index in [9.17, 15) is 22.8 Å². The molecular formula is C25H26F3N7O4. The number of nitrogens with two attached hydrogens (primary N) is 1. The second kappa shape index (κ2) is 10.5. The number of anilines is 3. The maximum atomic E-state index is 12.9. The van der Waals surface area contributed by atoms with Gasteiger partial charge in [0, 0.05) is 29.3 Å². The Morgan fingerprint density at radius 3 is 2.62 bits per heavy atom. The Labute approximate surface area is 220 Å². The number of hydrogen-bond donors (Lipinski definition) is 3. The largest absolute Gasteiger partial charge is 0.522 e. The number of primary amides is 1. The molecule has 2 aliphatic carbocycles. The molecule has 1 aromatic carbocycles. The Hall–Kier alpha value is -4.20. The molecule has 1 unspecified atom stereocenters. The lowest BCUT2D eigenvalue weighted by atomic mass is 10.1. The molecule has 5 rings (SSSR count). The van der Waals surface area contributed by atoms with E-state index in [1.807, 2.05) is 0 Å². The highest BCUT2D eigenvalue weighted by Gasteiger charge is 2.40. The van der Waals surface area contributed by atoms with E-state index in [0.717, 1.165) is 12.8 Å². The molecule has 2 saturated carbocycles. The maximum absolute atomic E-state index is 12.9. The maximum Gasteiger partial charge on any atom is 0.522 e. The van der Waals surface area contributed by atoms with Crippen molar-refractivity contribution in [1.29, 1.82) is 0 Å². The number of ether oxygens (including phenoxy) is 2. The number of nitrogens with zero attached hydrogens (tertiary/aromatic N) is 4. The van der Waals surface area contributed by atoms with Crippen molar-refractivity contribution in [2.75, 3.05) is 17.7 Å². The molecule has 14 heteroatoms. The monoisotopic (exact) mass is 545 g/mol. The summed E-state index contributed by atoms with van der Waals surface area (Å²) in [5, 5.41) is 17.8. The van der Waals surface area contributed by atoms with Crippen molar-refractivity contribution in [3.8, 4) is 16.9 Å². The second-order valence-corrected chi connectivity index (χ2v) is 9.44. The lowest BCUT2D eigenvalue weighted by Crippen LogP contribution is -2.28. The number of carbonyl (C=O) groups excluding carboxylic acids is 2. The number of halogens is 3. The smallest absolute Gasteiger partial charge is 0.494 e. The summed E-state index contributed by atoms with van der Waals surface area (Å²) in [5.74, 6) is -0.529. The van der Waals surface area contributed by atoms with Crippen LogP contribution in [0.15, 0.2) is 36.7 Å². The average Bonchev–Trinajstić information content (AvgIpc) is 3.46. The zero-order chi connectivity index (χ0) is 27.7. The first-order valence-electron chi connectivity index (χ1n) is 12.3. The summed E-state index contributed by atoms with van der Waals surface area (Å²) in [6.45, 7) is 0. The summed E-state index contributed by atoms with van der Waals surface area (Å²) in [6.07, 6.45) is 0.444. The van der Waals surface area contributed by atoms with E-state index < -0.39 is 24.4 Å². The van der Waals surface area contributed by atoms with Crippen LogP contribution in [0.25, 0.3) is 11.1 Å². The molecule has 2 aliphatic rings. The molecule has 0 bridgehead atoms. The lowest BCUT2D eigenvalue weighted by Gasteiger charge is -2.21. The molecule has 2 amide bonds. The number of hydrogen-bond acceptors (Lipinski definition) is 8. The molecule has 206 valence electrons. The van der Waals surface area contributed by atoms with Crippen LogP contribution in [-0.4, -0.2) is 51.4 Å². The second-order valence-electron chi connectivity index (χ2n) is 9.44. The number of methoxy groups -OCH3 is 1. The molecule has 0 aliphatic heterocycles. The molecule has 0 spiro atoms. The number of benzene rings is 1. The van der Waals surface area contributed by atoms with E-state index in [0.29, 0.717) is 35.4 Å². The number of alkyl halides is 3. The third-order valence-corrected chi connectivity index (χ3v) is 6.67. The van der Waals surface area contributed by atoms with Crippen molar-refractivity contribution in [2.24, 2.45) is 11.7 Å². The van der Waals surface area contributed by atoms with Gasteiger partial charge in [0.25, 0.3) is 5.91 Å². The first-order valence-corrected chi connectivity index (χ1v) is 12.3. The number of nitrogens with one attached hydrogen (secondary N) is 2. The van der Waals surface area contributed by atoms with Crippen LogP contribution in [0, 0.1) is 5.92 Å². The van der Waals surface area contributed by atoms with Crippen molar-refractivity contribution < 1.29 is 32.2 Å². The van der Waals surface area contributed by atoms with Gasteiger partial charge < -0.3 is 21.1 Å². The van der Waals surface area contributed by atoms with E-state index in [1.165, 1.54) is 17.9 Å². The number of para-hydroxylation sites is 1. The highest BCUT2D eigenvalue weighted by Crippen LogP contribution is 2.41. The van der Waals surface area contributed by atoms with Crippen LogP contribution in [0.1, 0.15) is 48.6 Å². The molecule has 3 aromatic rings. The highest BCUT2D eigenvalue weighted by molar-refractivity contribution is 5.99. The number of amides is 2. The van der Waals surface area contributed by atoms with Crippen molar-refractivity contribution in [3.63, 3.8) is 0 Å². The van der Waals surface area contributed by atoms with Crippen LogP contribution in [0.3, 0.4) is 0 Å². The number of carbonyl (C=O) groups is 2. The molecule has 39 heavy (non-hydrogen) atoms. The molecule has 11 nitrogen and oxygen atoms in total. The fourth-order valence-electron chi connectivity index (χ4n) is 4.71. The van der Waals surface area contributed by atoms with E-state index in [2.05, 4.69) is 30.7 Å². The van der Waals surface area contributed by atoms with Gasteiger partial charge >= 0.3 is 6.36 Å². The van der Waals surface area contributed by atoms with Gasteiger partial charge in [-0.2, -0.15) is 5.10 Å². The molecule has 0 radical (unpaired) electrons. The van der Waals surface area contributed by atoms with Crippen LogP contribution >= 0.6 is 0 Å². The molecule has 0 saturated heterocycles. The summed E-state index contributed by atoms with van der Waals surface area (Å²) in [7, 11) is 1.46. The zero-order valence-electron chi connectivity index (χ0n) is 20.9. The molecule has 2 heterocycles. The number of aromatic nitrogens is 4. The Kier molecular flexibility index (Phi) is 7.12. The first-order chi connectivity index (χ1) is 18.6. The Balaban J connectivity index is 1.43. The topological polar surface area (TPSA) is 146 Å². The van der Waals surface area contributed by atoms with Gasteiger partial charge in [-0.05, 0) is 38.2 Å². The Morgan fingerprint density at radius 1 is 1.13 bits per heavy atom. The Bertz CT molecular complexity index is 1390. The van der Waals surface area contributed by atoms with Crippen molar-refractivity contribution >= 4 is 29.0 Å². The molecule has 2 aromatic heterocycles. The van der Waals surface area contributed by atoms with Gasteiger partial charge in [0.05, 0.1) is 36.8 Å². The van der Waals surface area contributed by atoms with Gasteiger partial charge in [-0.3, -0.25) is 19.0 Å². The molecule has 2 atom stereocenters. The lowest BCUT2D eigenvalue weighted by molar-refractivity contribution is -0.345. The third-order valence-electron chi connectivity index (χ3n) is 6.67. The van der Waals surface area contributed by atoms with Crippen LogP contribution in [-0.2, 0) is 9.53 Å². The normalized spacial score (nSPS) is 19.1. The summed E-state index contributed by atoms with van der Waals surface area (Å²) in [4.78, 5) is 24.2. The van der Waals surface area contributed by atoms with Crippen LogP contribution in [0.4, 0.5) is 30.4 Å². The van der Waals surface area contributed by atoms with E-state index in [-0.39, 0.29) is 35.4 Å². The van der Waals surface area contributed by atoms with Gasteiger partial charge in [-0.15, -0.1) is 23.4 Å². The summed E-state index contributed by atoms with van der Waals surface area (Å²) >= 11 is 0. The van der Waals surface area contributed by atoms with Gasteiger partial charge in [-0.25, -0.2) is 0 Å². The summed E-state index contributed by atoms with van der Waals surface area (Å²) in [6, 6.07) is 6.10. The molecule has 2 fully saturated rings. The quantitative estimate of drug-likeness (QED) is 0.363. The van der Waals surface area contributed by atoms with Crippen molar-refractivity contribution in [1.82, 2.24) is 20.0 Å². The van der Waals surface area contributed by atoms with E-state index in [4.69, 9.17) is 10.5 Å². The molecule has 4 N–H and O–H groups in total. The predicted molar refractivity (Wildman–Crippen MR) is 133 cm³/mol. The van der Waals surface area contributed by atoms with Crippen LogP contribution in [0.5, 0.6) is 5.75 Å². The zero-order valence-corrected chi connectivity index (χ0v) is 20.9.